The summed E-state index contributed by atoms with van der Waals surface area (Å²) < 4.78 is 19.1. The van der Waals surface area contributed by atoms with Gasteiger partial charge >= 0.3 is 0 Å². The Balaban J connectivity index is 1.79. The second-order valence-corrected chi connectivity index (χ2v) is 8.92. The molecule has 3 heterocycles. The van der Waals surface area contributed by atoms with Gasteiger partial charge in [0, 0.05) is 43.7 Å². The summed E-state index contributed by atoms with van der Waals surface area (Å²) in [7, 11) is 0. The summed E-state index contributed by atoms with van der Waals surface area (Å²) in [5.74, 6) is 0.221. The number of hydrogen-bond donors (Lipinski definition) is 1. The number of hydrogen-bond acceptors (Lipinski definition) is 4. The molecule has 3 aromatic rings. The molecule has 1 unspecified atom stereocenters. The molecule has 170 valence electrons. The molecule has 9 heteroatoms. The molecule has 0 amide bonds. The first-order valence-electron chi connectivity index (χ1n) is 11.0. The van der Waals surface area contributed by atoms with E-state index in [0.29, 0.717) is 22.8 Å². The SMILES string of the molecule is C=NC(CN)=Nc1cn(CC)nc1Cc1cn(C2CCN(CC)C2)c2cc(F)c(Br)cc12. The molecule has 2 N–H and O–H groups in total. The van der Waals surface area contributed by atoms with Gasteiger partial charge in [0.1, 0.15) is 17.3 Å². The lowest BCUT2D eigenvalue weighted by Gasteiger charge is -2.16. The molecule has 1 aliphatic rings. The van der Waals surface area contributed by atoms with Gasteiger partial charge in [0.05, 0.1) is 28.4 Å². The number of aliphatic imine (C=N–C) groups is 2. The zero-order valence-corrected chi connectivity index (χ0v) is 20.1. The Morgan fingerprint density at radius 1 is 1.31 bits per heavy atom. The largest absolute Gasteiger partial charge is 0.343 e. The number of benzene rings is 1. The third-order valence-electron chi connectivity index (χ3n) is 6.16. The van der Waals surface area contributed by atoms with Crippen LogP contribution in [0.4, 0.5) is 10.1 Å². The molecule has 1 aromatic carbocycles. The van der Waals surface area contributed by atoms with Crippen LogP contribution in [0.25, 0.3) is 10.9 Å². The fraction of sp³-hybridized carbons (Fsp3) is 0.435. The fourth-order valence-corrected chi connectivity index (χ4v) is 4.72. The van der Waals surface area contributed by atoms with Gasteiger partial charge in [0.25, 0.3) is 0 Å². The summed E-state index contributed by atoms with van der Waals surface area (Å²) in [5, 5.41) is 5.75. The summed E-state index contributed by atoms with van der Waals surface area (Å²) in [5.41, 5.74) is 9.31. The predicted molar refractivity (Wildman–Crippen MR) is 132 cm³/mol. The minimum absolute atomic E-state index is 0.210. The van der Waals surface area contributed by atoms with Gasteiger partial charge in [-0.05, 0) is 60.2 Å². The Labute approximate surface area is 195 Å². The lowest BCUT2D eigenvalue weighted by Crippen LogP contribution is -2.20. The molecule has 0 saturated carbocycles. The van der Waals surface area contributed by atoms with Crippen molar-refractivity contribution in [3.05, 3.63) is 46.1 Å². The molecule has 1 fully saturated rings. The Morgan fingerprint density at radius 3 is 2.78 bits per heavy atom. The summed E-state index contributed by atoms with van der Waals surface area (Å²) in [6.45, 7) is 11.8. The van der Waals surface area contributed by atoms with E-state index < -0.39 is 0 Å². The summed E-state index contributed by atoms with van der Waals surface area (Å²) >= 11 is 3.36. The van der Waals surface area contributed by atoms with E-state index in [1.165, 1.54) is 0 Å². The van der Waals surface area contributed by atoms with E-state index in [1.807, 2.05) is 23.9 Å². The van der Waals surface area contributed by atoms with Crippen molar-refractivity contribution in [3.8, 4) is 0 Å². The molecule has 32 heavy (non-hydrogen) atoms. The van der Waals surface area contributed by atoms with Crippen LogP contribution in [0.15, 0.2) is 39.0 Å². The van der Waals surface area contributed by atoms with Crippen LogP contribution in [0.2, 0.25) is 0 Å². The van der Waals surface area contributed by atoms with Crippen molar-refractivity contribution in [1.82, 2.24) is 19.2 Å². The molecule has 0 radical (unpaired) electrons. The summed E-state index contributed by atoms with van der Waals surface area (Å²) in [6, 6.07) is 3.83. The molecule has 0 spiro atoms. The van der Waals surface area contributed by atoms with Gasteiger partial charge in [-0.2, -0.15) is 5.10 Å². The lowest BCUT2D eigenvalue weighted by atomic mass is 10.1. The zero-order chi connectivity index (χ0) is 22.8. The topological polar surface area (TPSA) is 76.7 Å². The third-order valence-corrected chi connectivity index (χ3v) is 6.77. The van der Waals surface area contributed by atoms with Gasteiger partial charge in [-0.3, -0.25) is 4.68 Å². The van der Waals surface area contributed by atoms with Gasteiger partial charge in [0.2, 0.25) is 0 Å². The van der Waals surface area contributed by atoms with Crippen LogP contribution in [0, 0.1) is 5.82 Å². The maximum Gasteiger partial charge on any atom is 0.141 e. The summed E-state index contributed by atoms with van der Waals surface area (Å²) in [6.07, 6.45) is 5.70. The van der Waals surface area contributed by atoms with E-state index in [1.54, 1.807) is 6.07 Å². The average Bonchev–Trinajstić information content (AvgIpc) is 3.50. The highest BCUT2D eigenvalue weighted by molar-refractivity contribution is 9.10. The Morgan fingerprint density at radius 2 is 2.12 bits per heavy atom. The number of nitrogens with two attached hydrogens (primary N) is 1. The predicted octanol–water partition coefficient (Wildman–Crippen LogP) is 4.31. The van der Waals surface area contributed by atoms with Gasteiger partial charge in [-0.1, -0.05) is 6.92 Å². The quantitative estimate of drug-likeness (QED) is 0.387. The molecule has 0 bridgehead atoms. The smallest absolute Gasteiger partial charge is 0.141 e. The van der Waals surface area contributed by atoms with Crippen molar-refractivity contribution in [3.63, 3.8) is 0 Å². The van der Waals surface area contributed by atoms with E-state index in [2.05, 4.69) is 55.2 Å². The number of halogens is 2. The molecule has 1 aliphatic heterocycles. The molecule has 1 atom stereocenters. The monoisotopic (exact) mass is 501 g/mol. The molecule has 4 rings (SSSR count). The van der Waals surface area contributed by atoms with Crippen LogP contribution in [0.3, 0.4) is 0 Å². The molecule has 1 saturated heterocycles. The second kappa shape index (κ2) is 9.64. The number of rotatable bonds is 7. The van der Waals surface area contributed by atoms with Gasteiger partial charge < -0.3 is 15.2 Å². The average molecular weight is 502 g/mol. The molecular formula is C23H29BrFN7. The molecular weight excluding hydrogens is 473 g/mol. The standard InChI is InChI=1S/C23H29BrFN7/c1-4-30-7-6-16(13-30)32-12-15(17-9-18(24)19(25)10-22(17)32)8-20-21(14-31(5-2)29-20)28-23(11-26)27-3/h9-10,12,14,16H,3-8,11,13,26H2,1-2H3. The van der Waals surface area contributed by atoms with Crippen molar-refractivity contribution in [1.29, 1.82) is 0 Å². The fourth-order valence-electron chi connectivity index (χ4n) is 4.38. The highest BCUT2D eigenvalue weighted by atomic mass is 79.9. The Hall–Kier alpha value is -2.36. The number of fused-ring (bicyclic) bond motifs is 1. The van der Waals surface area contributed by atoms with Gasteiger partial charge in [-0.15, -0.1) is 0 Å². The minimum Gasteiger partial charge on any atom is -0.343 e. The summed E-state index contributed by atoms with van der Waals surface area (Å²) in [4.78, 5) is 10.9. The van der Waals surface area contributed by atoms with Crippen molar-refractivity contribution in [2.24, 2.45) is 15.7 Å². The van der Waals surface area contributed by atoms with E-state index in [9.17, 15) is 4.39 Å². The van der Waals surface area contributed by atoms with Crippen LogP contribution in [-0.4, -0.2) is 58.0 Å². The Kier molecular flexibility index (Phi) is 6.88. The van der Waals surface area contributed by atoms with Crippen LogP contribution in [0.1, 0.15) is 37.6 Å². The van der Waals surface area contributed by atoms with Gasteiger partial charge in [-0.25, -0.2) is 14.4 Å². The van der Waals surface area contributed by atoms with E-state index >= 15 is 0 Å². The highest BCUT2D eigenvalue weighted by Gasteiger charge is 2.25. The normalized spacial score (nSPS) is 17.5. The Bertz CT molecular complexity index is 1160. The maximum absolute atomic E-state index is 14.5. The third kappa shape index (κ3) is 4.42. The first kappa shape index (κ1) is 22.8. The number of nitrogens with zero attached hydrogens (tertiary/aromatic N) is 6. The highest BCUT2D eigenvalue weighted by Crippen LogP contribution is 2.34. The zero-order valence-electron chi connectivity index (χ0n) is 18.6. The van der Waals surface area contributed by atoms with E-state index in [0.717, 1.165) is 60.4 Å². The molecule has 0 aliphatic carbocycles. The van der Waals surface area contributed by atoms with Crippen LogP contribution < -0.4 is 5.73 Å². The minimum atomic E-state index is -0.251. The number of aryl methyl sites for hydroxylation is 1. The van der Waals surface area contributed by atoms with E-state index in [-0.39, 0.29) is 12.4 Å². The lowest BCUT2D eigenvalue weighted by molar-refractivity contribution is 0.343. The molecule has 2 aromatic heterocycles. The van der Waals surface area contributed by atoms with Crippen LogP contribution in [-0.2, 0) is 13.0 Å². The maximum atomic E-state index is 14.5. The number of likely N-dealkylation sites (tertiary alicyclic amines) is 1. The van der Waals surface area contributed by atoms with Crippen LogP contribution >= 0.6 is 15.9 Å². The number of likely N-dealkylation sites (N-methyl/N-ethyl adjacent to an activating group) is 1. The van der Waals surface area contributed by atoms with Crippen molar-refractivity contribution < 1.29 is 4.39 Å². The van der Waals surface area contributed by atoms with Gasteiger partial charge in [0.15, 0.2) is 0 Å². The first-order chi connectivity index (χ1) is 15.5. The van der Waals surface area contributed by atoms with Crippen molar-refractivity contribution in [2.45, 2.75) is 39.3 Å². The first-order valence-corrected chi connectivity index (χ1v) is 11.8. The van der Waals surface area contributed by atoms with E-state index in [4.69, 9.17) is 10.8 Å². The molecule has 7 nitrogen and oxygen atoms in total. The second-order valence-electron chi connectivity index (χ2n) is 8.06. The van der Waals surface area contributed by atoms with Crippen molar-refractivity contribution in [2.75, 3.05) is 26.2 Å². The number of amidine groups is 1. The number of aromatic nitrogens is 3. The van der Waals surface area contributed by atoms with Crippen molar-refractivity contribution >= 4 is 45.1 Å². The van der Waals surface area contributed by atoms with Crippen LogP contribution in [0.5, 0.6) is 0 Å².